The van der Waals surface area contributed by atoms with Crippen molar-refractivity contribution in [2.75, 3.05) is 0 Å². The molecule has 1 saturated carbocycles. The van der Waals surface area contributed by atoms with E-state index in [-0.39, 0.29) is 22.0 Å². The van der Waals surface area contributed by atoms with Gasteiger partial charge in [0.25, 0.3) is 11.4 Å². The van der Waals surface area contributed by atoms with Crippen molar-refractivity contribution >= 4 is 34.7 Å². The van der Waals surface area contributed by atoms with E-state index < -0.39 is 21.7 Å². The predicted octanol–water partition coefficient (Wildman–Crippen LogP) is 5.03. The molecule has 2 aromatic rings. The van der Waals surface area contributed by atoms with E-state index in [4.69, 9.17) is 16.4 Å². The summed E-state index contributed by atoms with van der Waals surface area (Å²) in [5, 5.41) is 26.6. The van der Waals surface area contributed by atoms with E-state index in [1.54, 1.807) is 18.2 Å². The van der Waals surface area contributed by atoms with Crippen LogP contribution in [0.1, 0.15) is 47.5 Å². The molecule has 0 radical (unpaired) electrons. The molecule has 0 amide bonds. The van der Waals surface area contributed by atoms with Gasteiger partial charge >= 0.3 is 5.97 Å². The number of hydrogen-bond donors (Lipinski definition) is 0. The first-order valence-corrected chi connectivity index (χ1v) is 9.21. The van der Waals surface area contributed by atoms with E-state index in [1.807, 2.05) is 0 Å². The largest absolute Gasteiger partial charge is 0.367 e. The Morgan fingerprint density at radius 1 is 1.10 bits per heavy atom. The van der Waals surface area contributed by atoms with E-state index in [0.29, 0.717) is 24.1 Å². The quantitative estimate of drug-likeness (QED) is 0.381. The number of nitro groups is 2. The summed E-state index contributed by atoms with van der Waals surface area (Å²) in [6, 6.07) is 9.91. The summed E-state index contributed by atoms with van der Waals surface area (Å²) in [5.41, 5.74) is 0.241. The van der Waals surface area contributed by atoms with Gasteiger partial charge in [0.1, 0.15) is 0 Å². The van der Waals surface area contributed by atoms with E-state index in [1.165, 1.54) is 18.2 Å². The average molecular weight is 418 g/mol. The van der Waals surface area contributed by atoms with Gasteiger partial charge in [-0.2, -0.15) is 0 Å². The highest BCUT2D eigenvalue weighted by atomic mass is 35.5. The smallest absolute Gasteiger partial charge is 0.313 e. The molecule has 1 atom stereocenters. The van der Waals surface area contributed by atoms with Crippen molar-refractivity contribution in [3.05, 3.63) is 78.8 Å². The molecule has 9 nitrogen and oxygen atoms in total. The van der Waals surface area contributed by atoms with Crippen LogP contribution in [-0.2, 0) is 4.84 Å². The van der Waals surface area contributed by atoms with Gasteiger partial charge in [-0.1, -0.05) is 35.3 Å². The lowest BCUT2D eigenvalue weighted by Crippen LogP contribution is -2.20. The van der Waals surface area contributed by atoms with Crippen molar-refractivity contribution in [1.82, 2.24) is 0 Å². The topological polar surface area (TPSA) is 125 Å². The fraction of sp³-hybridized carbons (Fsp3) is 0.263. The first-order valence-electron chi connectivity index (χ1n) is 8.84. The first kappa shape index (κ1) is 20.4. The number of carbonyl (C=O) groups is 1. The van der Waals surface area contributed by atoms with Crippen LogP contribution < -0.4 is 0 Å². The fourth-order valence-corrected chi connectivity index (χ4v) is 3.53. The molecule has 0 heterocycles. The lowest BCUT2D eigenvalue weighted by molar-refractivity contribution is -0.394. The van der Waals surface area contributed by atoms with Crippen LogP contribution >= 0.6 is 11.6 Å². The standard InChI is InChI=1S/C19H16ClN3O6/c20-16-7-3-1-6-15(16)19(24)29-21-17-8-4-2-5-13(17)14-10-9-12(22(25)26)11-18(14)23(27)28/h1,3,6-7,9-11,13H,2,4-5,8H2/b21-17+. The van der Waals surface area contributed by atoms with Gasteiger partial charge in [0.2, 0.25) is 0 Å². The lowest BCUT2D eigenvalue weighted by atomic mass is 9.81. The number of nitrogens with zero attached hydrogens (tertiary/aromatic N) is 3. The van der Waals surface area contributed by atoms with E-state index in [9.17, 15) is 25.0 Å². The third-order valence-electron chi connectivity index (χ3n) is 4.71. The van der Waals surface area contributed by atoms with Crippen LogP contribution in [0.4, 0.5) is 11.4 Å². The Hall–Kier alpha value is -3.33. The molecule has 0 bridgehead atoms. The Morgan fingerprint density at radius 2 is 1.86 bits per heavy atom. The third-order valence-corrected chi connectivity index (χ3v) is 5.04. The molecular weight excluding hydrogens is 402 g/mol. The molecular formula is C19H16ClN3O6. The summed E-state index contributed by atoms with van der Waals surface area (Å²) in [6.45, 7) is 0. The predicted molar refractivity (Wildman–Crippen MR) is 105 cm³/mol. The summed E-state index contributed by atoms with van der Waals surface area (Å²) in [5.74, 6) is -1.20. The second-order valence-electron chi connectivity index (χ2n) is 6.50. The maximum atomic E-state index is 12.2. The summed E-state index contributed by atoms with van der Waals surface area (Å²) in [4.78, 5) is 38.4. The fourth-order valence-electron chi connectivity index (χ4n) is 3.31. The monoisotopic (exact) mass is 417 g/mol. The average Bonchev–Trinajstić information content (AvgIpc) is 2.72. The number of carbonyl (C=O) groups excluding carboxylic acids is 1. The van der Waals surface area contributed by atoms with Gasteiger partial charge in [-0.25, -0.2) is 4.79 Å². The van der Waals surface area contributed by atoms with Gasteiger partial charge in [0.15, 0.2) is 0 Å². The summed E-state index contributed by atoms with van der Waals surface area (Å²) >= 11 is 5.98. The number of rotatable bonds is 5. The second-order valence-corrected chi connectivity index (χ2v) is 6.90. The van der Waals surface area contributed by atoms with Gasteiger partial charge in [-0.05, 0) is 37.5 Å². The summed E-state index contributed by atoms with van der Waals surface area (Å²) in [7, 11) is 0. The Bertz CT molecular complexity index is 1010. The van der Waals surface area contributed by atoms with Gasteiger partial charge < -0.3 is 4.84 Å². The highest BCUT2D eigenvalue weighted by molar-refractivity contribution is 6.33. The Labute approximate surface area is 170 Å². The minimum atomic E-state index is -0.731. The number of nitro benzene ring substituents is 2. The maximum Gasteiger partial charge on any atom is 0.367 e. The molecule has 1 unspecified atom stereocenters. The molecule has 0 aromatic heterocycles. The number of oxime groups is 1. The number of halogens is 1. The molecule has 0 aliphatic heterocycles. The normalized spacial score (nSPS) is 17.7. The first-order chi connectivity index (χ1) is 13.9. The van der Waals surface area contributed by atoms with E-state index in [2.05, 4.69) is 5.16 Å². The highest BCUT2D eigenvalue weighted by Gasteiger charge is 2.31. The van der Waals surface area contributed by atoms with E-state index in [0.717, 1.165) is 18.9 Å². The van der Waals surface area contributed by atoms with Crippen molar-refractivity contribution in [2.45, 2.75) is 31.6 Å². The maximum absolute atomic E-state index is 12.2. The summed E-state index contributed by atoms with van der Waals surface area (Å²) in [6.07, 6.45) is 2.64. The van der Waals surface area contributed by atoms with Crippen molar-refractivity contribution in [3.8, 4) is 0 Å². The van der Waals surface area contributed by atoms with Crippen LogP contribution in [0.15, 0.2) is 47.6 Å². The molecule has 0 N–H and O–H groups in total. The van der Waals surface area contributed by atoms with Gasteiger partial charge in [0, 0.05) is 17.5 Å². The Morgan fingerprint density at radius 3 is 2.55 bits per heavy atom. The van der Waals surface area contributed by atoms with Gasteiger partial charge in [-0.3, -0.25) is 20.2 Å². The van der Waals surface area contributed by atoms with Crippen LogP contribution in [0.2, 0.25) is 5.02 Å². The molecule has 0 saturated heterocycles. The molecule has 1 aliphatic carbocycles. The number of benzene rings is 2. The number of hydrogen-bond acceptors (Lipinski definition) is 7. The SMILES string of the molecule is O=C(O/N=C1\CCCCC1c1ccc([N+](=O)[O-])cc1[N+](=O)[O-])c1ccccc1Cl. The van der Waals surface area contributed by atoms with Gasteiger partial charge in [0.05, 0.1) is 32.2 Å². The zero-order chi connectivity index (χ0) is 21.0. The molecule has 10 heteroatoms. The molecule has 3 rings (SSSR count). The lowest BCUT2D eigenvalue weighted by Gasteiger charge is -2.23. The molecule has 29 heavy (non-hydrogen) atoms. The van der Waals surface area contributed by atoms with Crippen LogP contribution in [0.5, 0.6) is 0 Å². The van der Waals surface area contributed by atoms with Crippen LogP contribution in [-0.4, -0.2) is 21.5 Å². The molecule has 0 spiro atoms. The summed E-state index contributed by atoms with van der Waals surface area (Å²) < 4.78 is 0. The minimum absolute atomic E-state index is 0.159. The van der Waals surface area contributed by atoms with Crippen LogP contribution in [0, 0.1) is 20.2 Å². The van der Waals surface area contributed by atoms with Crippen molar-refractivity contribution in [1.29, 1.82) is 0 Å². The van der Waals surface area contributed by atoms with Crippen LogP contribution in [0.25, 0.3) is 0 Å². The highest BCUT2D eigenvalue weighted by Crippen LogP contribution is 2.37. The van der Waals surface area contributed by atoms with Crippen molar-refractivity contribution in [3.63, 3.8) is 0 Å². The van der Waals surface area contributed by atoms with Gasteiger partial charge in [-0.15, -0.1) is 0 Å². The molecule has 2 aromatic carbocycles. The zero-order valence-electron chi connectivity index (χ0n) is 15.1. The molecule has 150 valence electrons. The third kappa shape index (κ3) is 4.57. The second kappa shape index (κ2) is 8.78. The van der Waals surface area contributed by atoms with E-state index >= 15 is 0 Å². The molecule has 1 fully saturated rings. The van der Waals surface area contributed by atoms with Crippen LogP contribution in [0.3, 0.4) is 0 Å². The minimum Gasteiger partial charge on any atom is -0.313 e. The van der Waals surface area contributed by atoms with Crippen molar-refractivity contribution < 1.29 is 19.5 Å². The Balaban J connectivity index is 1.91. The number of non-ortho nitro benzene ring substituents is 1. The van der Waals surface area contributed by atoms with Crippen molar-refractivity contribution in [2.24, 2.45) is 5.16 Å². The Kier molecular flexibility index (Phi) is 6.18. The molecule has 1 aliphatic rings. The zero-order valence-corrected chi connectivity index (χ0v) is 15.9.